The average molecular weight is 230 g/mol. The Kier molecular flexibility index (Phi) is 2.93. The van der Waals surface area contributed by atoms with Crippen LogP contribution in [0.5, 0.6) is 0 Å². The van der Waals surface area contributed by atoms with Gasteiger partial charge in [0.05, 0.1) is 0 Å². The van der Waals surface area contributed by atoms with Gasteiger partial charge in [-0.05, 0) is 36.0 Å². The van der Waals surface area contributed by atoms with Crippen molar-refractivity contribution in [3.63, 3.8) is 0 Å². The Morgan fingerprint density at radius 3 is 2.56 bits per heavy atom. The smallest absolute Gasteiger partial charge is 0.383 e. The second-order valence-corrected chi connectivity index (χ2v) is 4.22. The Balaban J connectivity index is 2.11. The lowest BCUT2D eigenvalue weighted by Gasteiger charge is -2.14. The normalized spacial score (nSPS) is 17.2. The molecule has 0 fully saturated rings. The molecule has 1 N–H and O–H groups in total. The number of alkyl halides is 3. The zero-order valence-corrected chi connectivity index (χ0v) is 8.72. The van der Waals surface area contributed by atoms with E-state index in [0.717, 1.165) is 24.8 Å². The van der Waals surface area contributed by atoms with Crippen molar-refractivity contribution in [1.29, 1.82) is 0 Å². The second-order valence-electron chi connectivity index (χ2n) is 4.22. The second kappa shape index (κ2) is 4.09. The van der Waals surface area contributed by atoms with Crippen molar-refractivity contribution < 1.29 is 18.3 Å². The van der Waals surface area contributed by atoms with Crippen molar-refractivity contribution in [3.8, 4) is 0 Å². The van der Waals surface area contributed by atoms with Crippen molar-refractivity contribution >= 4 is 0 Å². The minimum absolute atomic E-state index is 0.350. The summed E-state index contributed by atoms with van der Waals surface area (Å²) in [7, 11) is 0. The van der Waals surface area contributed by atoms with E-state index in [1.54, 1.807) is 12.1 Å². The van der Waals surface area contributed by atoms with Crippen LogP contribution in [-0.4, -0.2) is 17.4 Å². The van der Waals surface area contributed by atoms with E-state index in [4.69, 9.17) is 5.11 Å². The van der Waals surface area contributed by atoms with Crippen molar-refractivity contribution in [1.82, 2.24) is 0 Å². The molecule has 0 aromatic heterocycles. The van der Waals surface area contributed by atoms with E-state index in [1.165, 1.54) is 5.56 Å². The molecule has 0 saturated heterocycles. The molecule has 0 amide bonds. The SMILES string of the molecule is O[C@@H](Cc1ccc2c(c1)CCC2)C(F)(F)F. The third kappa shape index (κ3) is 2.38. The molecule has 0 unspecified atom stereocenters. The molecule has 1 nitrogen and oxygen atoms in total. The van der Waals surface area contributed by atoms with Gasteiger partial charge in [0.2, 0.25) is 0 Å². The molecular weight excluding hydrogens is 217 g/mol. The third-order valence-corrected chi connectivity index (χ3v) is 2.97. The summed E-state index contributed by atoms with van der Waals surface area (Å²) >= 11 is 0. The zero-order valence-electron chi connectivity index (χ0n) is 8.72. The highest BCUT2D eigenvalue weighted by atomic mass is 19.4. The fourth-order valence-corrected chi connectivity index (χ4v) is 2.09. The summed E-state index contributed by atoms with van der Waals surface area (Å²) in [5.74, 6) is 0. The number of aliphatic hydroxyl groups is 1. The first kappa shape index (κ1) is 11.5. The highest BCUT2D eigenvalue weighted by molar-refractivity contribution is 5.35. The number of aliphatic hydroxyl groups excluding tert-OH is 1. The zero-order chi connectivity index (χ0) is 11.8. The van der Waals surface area contributed by atoms with Crippen LogP contribution in [0.3, 0.4) is 0 Å². The van der Waals surface area contributed by atoms with E-state index in [1.807, 2.05) is 6.07 Å². The molecule has 1 aromatic rings. The summed E-state index contributed by atoms with van der Waals surface area (Å²) in [6.45, 7) is 0. The molecule has 4 heteroatoms. The number of fused-ring (bicyclic) bond motifs is 1. The lowest BCUT2D eigenvalue weighted by atomic mass is 10.0. The van der Waals surface area contributed by atoms with E-state index >= 15 is 0 Å². The predicted molar refractivity (Wildman–Crippen MR) is 54.2 cm³/mol. The van der Waals surface area contributed by atoms with E-state index in [-0.39, 0.29) is 6.42 Å². The van der Waals surface area contributed by atoms with E-state index < -0.39 is 12.3 Å². The molecule has 16 heavy (non-hydrogen) atoms. The van der Waals surface area contributed by atoms with E-state index in [0.29, 0.717) is 5.56 Å². The summed E-state index contributed by atoms with van der Waals surface area (Å²) < 4.78 is 36.5. The topological polar surface area (TPSA) is 20.2 Å². The molecule has 0 spiro atoms. The van der Waals surface area contributed by atoms with Crippen LogP contribution in [0.15, 0.2) is 18.2 Å². The van der Waals surface area contributed by atoms with Crippen LogP contribution in [-0.2, 0) is 19.3 Å². The molecule has 0 saturated carbocycles. The van der Waals surface area contributed by atoms with Crippen LogP contribution >= 0.6 is 0 Å². The lowest BCUT2D eigenvalue weighted by molar-refractivity contribution is -0.203. The van der Waals surface area contributed by atoms with Crippen molar-refractivity contribution in [2.24, 2.45) is 0 Å². The molecule has 1 aliphatic rings. The molecule has 2 rings (SSSR count). The van der Waals surface area contributed by atoms with Crippen LogP contribution in [0.4, 0.5) is 13.2 Å². The summed E-state index contributed by atoms with van der Waals surface area (Å²) in [6.07, 6.45) is -4.12. The molecule has 88 valence electrons. The van der Waals surface area contributed by atoms with Gasteiger partial charge in [0, 0.05) is 6.42 Å². The number of halogens is 3. The Morgan fingerprint density at radius 2 is 1.88 bits per heavy atom. The summed E-state index contributed by atoms with van der Waals surface area (Å²) in [6, 6.07) is 5.34. The molecule has 1 aromatic carbocycles. The highest BCUT2D eigenvalue weighted by Gasteiger charge is 2.38. The third-order valence-electron chi connectivity index (χ3n) is 2.97. The van der Waals surface area contributed by atoms with E-state index in [2.05, 4.69) is 0 Å². The molecule has 0 radical (unpaired) electrons. The monoisotopic (exact) mass is 230 g/mol. The minimum Gasteiger partial charge on any atom is -0.383 e. The minimum atomic E-state index is -4.53. The fraction of sp³-hybridized carbons (Fsp3) is 0.500. The van der Waals surface area contributed by atoms with Gasteiger partial charge in [0.15, 0.2) is 6.10 Å². The summed E-state index contributed by atoms with van der Waals surface area (Å²) in [5.41, 5.74) is 2.92. The van der Waals surface area contributed by atoms with Gasteiger partial charge in [-0.3, -0.25) is 0 Å². The number of rotatable bonds is 2. The summed E-state index contributed by atoms with van der Waals surface area (Å²) in [5, 5.41) is 8.96. The Morgan fingerprint density at radius 1 is 1.19 bits per heavy atom. The van der Waals surface area contributed by atoms with E-state index in [9.17, 15) is 13.2 Å². The van der Waals surface area contributed by atoms with Gasteiger partial charge in [-0.25, -0.2) is 0 Å². The number of hydrogen-bond donors (Lipinski definition) is 1. The van der Waals surface area contributed by atoms with Crippen molar-refractivity contribution in [3.05, 3.63) is 34.9 Å². The first-order valence-corrected chi connectivity index (χ1v) is 5.32. The van der Waals surface area contributed by atoms with Gasteiger partial charge < -0.3 is 5.11 Å². The van der Waals surface area contributed by atoms with Crippen LogP contribution in [0, 0.1) is 0 Å². The average Bonchev–Trinajstić information content (AvgIpc) is 2.63. The van der Waals surface area contributed by atoms with Gasteiger partial charge in [0.25, 0.3) is 0 Å². The van der Waals surface area contributed by atoms with Crippen LogP contribution in [0.2, 0.25) is 0 Å². The maximum Gasteiger partial charge on any atom is 0.414 e. The molecule has 0 heterocycles. The number of benzene rings is 1. The molecule has 1 aliphatic carbocycles. The maximum absolute atomic E-state index is 12.2. The van der Waals surface area contributed by atoms with Gasteiger partial charge in [0.1, 0.15) is 0 Å². The Bertz CT molecular complexity index is 384. The molecular formula is C12H13F3O. The molecule has 0 bridgehead atoms. The lowest BCUT2D eigenvalue weighted by Crippen LogP contribution is -2.30. The largest absolute Gasteiger partial charge is 0.414 e. The fourth-order valence-electron chi connectivity index (χ4n) is 2.09. The van der Waals surface area contributed by atoms with Crippen LogP contribution in [0.25, 0.3) is 0 Å². The van der Waals surface area contributed by atoms with Crippen LogP contribution in [0.1, 0.15) is 23.1 Å². The first-order chi connectivity index (χ1) is 7.47. The standard InChI is InChI=1S/C12H13F3O/c13-12(14,15)11(16)7-8-4-5-9-2-1-3-10(9)6-8/h4-6,11,16H,1-3,7H2/t11-/m0/s1. The quantitative estimate of drug-likeness (QED) is 0.828. The van der Waals surface area contributed by atoms with Crippen molar-refractivity contribution in [2.75, 3.05) is 0 Å². The van der Waals surface area contributed by atoms with Gasteiger partial charge in [-0.15, -0.1) is 0 Å². The number of hydrogen-bond acceptors (Lipinski definition) is 1. The van der Waals surface area contributed by atoms with Gasteiger partial charge in [-0.1, -0.05) is 18.2 Å². The molecule has 0 aliphatic heterocycles. The van der Waals surface area contributed by atoms with Crippen molar-refractivity contribution in [2.45, 2.75) is 38.0 Å². The van der Waals surface area contributed by atoms with Gasteiger partial charge >= 0.3 is 6.18 Å². The predicted octanol–water partition coefficient (Wildman–Crippen LogP) is 2.64. The number of aryl methyl sites for hydroxylation is 2. The molecule has 1 atom stereocenters. The maximum atomic E-state index is 12.2. The highest BCUT2D eigenvalue weighted by Crippen LogP contribution is 2.26. The van der Waals surface area contributed by atoms with Gasteiger partial charge in [-0.2, -0.15) is 13.2 Å². The Labute approximate surface area is 91.9 Å². The van der Waals surface area contributed by atoms with Crippen LogP contribution < -0.4 is 0 Å². The first-order valence-electron chi connectivity index (χ1n) is 5.32. The summed E-state index contributed by atoms with van der Waals surface area (Å²) in [4.78, 5) is 0. The Hall–Kier alpha value is -1.03.